The first-order valence-electron chi connectivity index (χ1n) is 9.01. The molecule has 0 amide bonds. The first-order valence-corrected chi connectivity index (χ1v) is 9.01. The molecule has 0 N–H and O–H groups in total. The molecule has 1 fully saturated rings. The second-order valence-electron chi connectivity index (χ2n) is 6.32. The zero-order chi connectivity index (χ0) is 18.5. The van der Waals surface area contributed by atoms with Gasteiger partial charge >= 0.3 is 5.97 Å². The van der Waals surface area contributed by atoms with Gasteiger partial charge < -0.3 is 14.2 Å². The molecule has 1 unspecified atom stereocenters. The van der Waals surface area contributed by atoms with E-state index in [-0.39, 0.29) is 12.3 Å². The maximum atomic E-state index is 11.2. The molecule has 0 radical (unpaired) electrons. The van der Waals surface area contributed by atoms with Gasteiger partial charge in [-0.3, -0.25) is 9.48 Å². The van der Waals surface area contributed by atoms with E-state index >= 15 is 0 Å². The Morgan fingerprint density at radius 2 is 2.23 bits per heavy atom. The van der Waals surface area contributed by atoms with Crippen molar-refractivity contribution in [1.82, 2.24) is 14.8 Å². The summed E-state index contributed by atoms with van der Waals surface area (Å²) >= 11 is 0. The molecule has 140 valence electrons. The summed E-state index contributed by atoms with van der Waals surface area (Å²) in [5, 5.41) is 4.35. The third-order valence-corrected chi connectivity index (χ3v) is 4.40. The van der Waals surface area contributed by atoms with Gasteiger partial charge in [0, 0.05) is 26.1 Å². The molecule has 1 saturated heterocycles. The number of hydrogen-bond acceptors (Lipinski definition) is 6. The van der Waals surface area contributed by atoms with Crippen molar-refractivity contribution < 1.29 is 19.0 Å². The normalized spacial score (nSPS) is 17.3. The fourth-order valence-electron chi connectivity index (χ4n) is 3.00. The summed E-state index contributed by atoms with van der Waals surface area (Å²) < 4.78 is 18.6. The van der Waals surface area contributed by atoms with Crippen molar-refractivity contribution in [1.29, 1.82) is 0 Å². The summed E-state index contributed by atoms with van der Waals surface area (Å²) in [6.45, 7) is 4.53. The molecule has 7 heteroatoms. The van der Waals surface area contributed by atoms with Crippen LogP contribution in [-0.4, -0.2) is 33.6 Å². The van der Waals surface area contributed by atoms with Crippen LogP contribution in [0.25, 0.3) is 11.3 Å². The monoisotopic (exact) mass is 359 g/mol. The number of ether oxygens (including phenoxy) is 3. The molecule has 1 aliphatic heterocycles. The molecule has 2 aromatic heterocycles. The third-order valence-electron chi connectivity index (χ3n) is 4.40. The van der Waals surface area contributed by atoms with Crippen LogP contribution < -0.4 is 4.74 Å². The minimum absolute atomic E-state index is 0.156. The van der Waals surface area contributed by atoms with Crippen molar-refractivity contribution in [2.24, 2.45) is 7.05 Å². The Labute approximate surface area is 153 Å². The topological polar surface area (TPSA) is 75.5 Å². The maximum absolute atomic E-state index is 11.2. The summed E-state index contributed by atoms with van der Waals surface area (Å²) in [6.07, 6.45) is 5.43. The van der Waals surface area contributed by atoms with Crippen molar-refractivity contribution >= 4 is 5.97 Å². The first-order chi connectivity index (χ1) is 12.6. The molecule has 3 rings (SSSR count). The largest absolute Gasteiger partial charge is 0.425 e. The SMILES string of the molecule is CCc1nc(-c2cnn(C)c2COC2CCCCO2)ccc1OC(C)=O. The number of nitrogens with zero attached hydrogens (tertiary/aromatic N) is 3. The zero-order valence-corrected chi connectivity index (χ0v) is 15.5. The van der Waals surface area contributed by atoms with Crippen LogP contribution >= 0.6 is 0 Å². The highest BCUT2D eigenvalue weighted by Crippen LogP contribution is 2.27. The predicted molar refractivity (Wildman–Crippen MR) is 95.5 cm³/mol. The average molecular weight is 359 g/mol. The molecule has 26 heavy (non-hydrogen) atoms. The molecule has 0 aromatic carbocycles. The summed E-state index contributed by atoms with van der Waals surface area (Å²) in [4.78, 5) is 15.9. The first kappa shape index (κ1) is 18.5. The standard InChI is InChI=1S/C19H25N3O4/c1-4-15-18(26-13(2)23)9-8-16(21-15)14-11-20-22(3)17(14)12-25-19-7-5-6-10-24-19/h8-9,11,19H,4-7,10,12H2,1-3H3. The Bertz CT molecular complexity index is 766. The lowest BCUT2D eigenvalue weighted by Crippen LogP contribution is -2.22. The van der Waals surface area contributed by atoms with E-state index in [1.807, 2.05) is 20.0 Å². The highest BCUT2D eigenvalue weighted by molar-refractivity contribution is 5.70. The number of carbonyl (C=O) groups is 1. The van der Waals surface area contributed by atoms with E-state index in [4.69, 9.17) is 14.2 Å². The Hall–Kier alpha value is -2.25. The van der Waals surface area contributed by atoms with Gasteiger partial charge in [0.05, 0.1) is 29.9 Å². The Kier molecular flexibility index (Phi) is 6.00. The van der Waals surface area contributed by atoms with Crippen molar-refractivity contribution in [3.05, 3.63) is 29.7 Å². The second kappa shape index (κ2) is 8.42. The summed E-state index contributed by atoms with van der Waals surface area (Å²) in [6, 6.07) is 3.62. The van der Waals surface area contributed by atoms with Gasteiger partial charge in [0.1, 0.15) is 0 Å². The van der Waals surface area contributed by atoms with Gasteiger partial charge in [-0.05, 0) is 37.8 Å². The number of carbonyl (C=O) groups excluding carboxylic acids is 1. The second-order valence-corrected chi connectivity index (χ2v) is 6.32. The average Bonchev–Trinajstić information content (AvgIpc) is 3.01. The van der Waals surface area contributed by atoms with Gasteiger partial charge in [-0.15, -0.1) is 0 Å². The van der Waals surface area contributed by atoms with Crippen LogP contribution in [0.4, 0.5) is 0 Å². The Morgan fingerprint density at radius 1 is 1.38 bits per heavy atom. The molecule has 3 heterocycles. The smallest absolute Gasteiger partial charge is 0.308 e. The van der Waals surface area contributed by atoms with Gasteiger partial charge in [-0.1, -0.05) is 6.92 Å². The minimum atomic E-state index is -0.350. The maximum Gasteiger partial charge on any atom is 0.308 e. The van der Waals surface area contributed by atoms with Crippen LogP contribution in [-0.2, 0) is 34.3 Å². The molecule has 0 aliphatic carbocycles. The van der Waals surface area contributed by atoms with Gasteiger partial charge in [-0.25, -0.2) is 4.98 Å². The molecule has 1 atom stereocenters. The molecule has 0 saturated carbocycles. The lowest BCUT2D eigenvalue weighted by Gasteiger charge is -2.23. The molecular formula is C19H25N3O4. The highest BCUT2D eigenvalue weighted by Gasteiger charge is 2.18. The molecule has 7 nitrogen and oxygen atoms in total. The van der Waals surface area contributed by atoms with Crippen LogP contribution in [0.1, 0.15) is 44.5 Å². The zero-order valence-electron chi connectivity index (χ0n) is 15.5. The molecule has 0 bridgehead atoms. The van der Waals surface area contributed by atoms with Crippen LogP contribution in [0, 0.1) is 0 Å². The van der Waals surface area contributed by atoms with E-state index < -0.39 is 0 Å². The molecule has 2 aromatic rings. The van der Waals surface area contributed by atoms with Crippen LogP contribution in [0.2, 0.25) is 0 Å². The van der Waals surface area contributed by atoms with Gasteiger partial charge in [0.15, 0.2) is 12.0 Å². The van der Waals surface area contributed by atoms with Crippen molar-refractivity contribution in [3.63, 3.8) is 0 Å². The Balaban J connectivity index is 1.81. The lowest BCUT2D eigenvalue weighted by atomic mass is 10.1. The molecule has 0 spiro atoms. The van der Waals surface area contributed by atoms with Gasteiger partial charge in [0.2, 0.25) is 0 Å². The van der Waals surface area contributed by atoms with Crippen molar-refractivity contribution in [2.45, 2.75) is 52.4 Å². The van der Waals surface area contributed by atoms with Crippen LogP contribution in [0.5, 0.6) is 5.75 Å². The fraction of sp³-hybridized carbons (Fsp3) is 0.526. The number of aromatic nitrogens is 3. The fourth-order valence-corrected chi connectivity index (χ4v) is 3.00. The van der Waals surface area contributed by atoms with E-state index in [9.17, 15) is 4.79 Å². The van der Waals surface area contributed by atoms with Gasteiger partial charge in [-0.2, -0.15) is 5.10 Å². The third kappa shape index (κ3) is 4.28. The Morgan fingerprint density at radius 3 is 2.92 bits per heavy atom. The summed E-state index contributed by atoms with van der Waals surface area (Å²) in [5.41, 5.74) is 3.37. The van der Waals surface area contributed by atoms with Crippen molar-refractivity contribution in [3.8, 4) is 17.0 Å². The van der Waals surface area contributed by atoms with E-state index in [1.54, 1.807) is 16.9 Å². The number of esters is 1. The predicted octanol–water partition coefficient (Wildman–Crippen LogP) is 3.01. The summed E-state index contributed by atoms with van der Waals surface area (Å²) in [5.74, 6) is 0.151. The number of rotatable bonds is 6. The van der Waals surface area contributed by atoms with E-state index in [2.05, 4.69) is 10.1 Å². The number of aryl methyl sites for hydroxylation is 2. The van der Waals surface area contributed by atoms with Crippen LogP contribution in [0.15, 0.2) is 18.3 Å². The lowest BCUT2D eigenvalue weighted by molar-refractivity contribution is -0.169. The summed E-state index contributed by atoms with van der Waals surface area (Å²) in [7, 11) is 1.89. The van der Waals surface area contributed by atoms with E-state index in [0.29, 0.717) is 18.8 Å². The molecule has 1 aliphatic rings. The number of pyridine rings is 1. The van der Waals surface area contributed by atoms with E-state index in [1.165, 1.54) is 6.92 Å². The number of hydrogen-bond donors (Lipinski definition) is 0. The quantitative estimate of drug-likeness (QED) is 0.738. The van der Waals surface area contributed by atoms with Gasteiger partial charge in [0.25, 0.3) is 0 Å². The highest BCUT2D eigenvalue weighted by atomic mass is 16.7. The van der Waals surface area contributed by atoms with Crippen molar-refractivity contribution in [2.75, 3.05) is 6.61 Å². The van der Waals surface area contributed by atoms with Crippen LogP contribution in [0.3, 0.4) is 0 Å². The minimum Gasteiger partial charge on any atom is -0.425 e. The van der Waals surface area contributed by atoms with E-state index in [0.717, 1.165) is 48.5 Å². The molecular weight excluding hydrogens is 334 g/mol.